The maximum atomic E-state index is 12.6. The second-order valence-electron chi connectivity index (χ2n) is 6.38. The second-order valence-corrected chi connectivity index (χ2v) is 6.38. The third-order valence-corrected chi connectivity index (χ3v) is 4.52. The monoisotopic (exact) mass is 361 g/mol. The predicted molar refractivity (Wildman–Crippen MR) is 98.8 cm³/mol. The SMILES string of the molecule is O=C(NCc1ccccc1)c1cc2n(n1)CCN(C(=O)c1cccnc1)C2. The fourth-order valence-electron chi connectivity index (χ4n) is 3.09. The molecule has 0 fully saturated rings. The van der Waals surface area contributed by atoms with Crippen LogP contribution >= 0.6 is 0 Å². The van der Waals surface area contributed by atoms with E-state index in [1.807, 2.05) is 30.3 Å². The van der Waals surface area contributed by atoms with Crippen LogP contribution < -0.4 is 5.32 Å². The third kappa shape index (κ3) is 3.72. The van der Waals surface area contributed by atoms with Crippen molar-refractivity contribution in [2.45, 2.75) is 19.6 Å². The Kier molecular flexibility index (Phi) is 4.65. The lowest BCUT2D eigenvalue weighted by molar-refractivity contribution is 0.0705. The number of amides is 2. The molecule has 3 aromatic rings. The van der Waals surface area contributed by atoms with E-state index in [9.17, 15) is 9.59 Å². The number of carbonyl (C=O) groups is 2. The molecule has 0 spiro atoms. The van der Waals surface area contributed by atoms with Gasteiger partial charge in [-0.05, 0) is 23.8 Å². The van der Waals surface area contributed by atoms with Crippen LogP contribution in [-0.2, 0) is 19.6 Å². The fraction of sp³-hybridized carbons (Fsp3) is 0.200. The zero-order valence-electron chi connectivity index (χ0n) is 14.7. The van der Waals surface area contributed by atoms with E-state index < -0.39 is 0 Å². The van der Waals surface area contributed by atoms with Crippen molar-refractivity contribution in [1.82, 2.24) is 25.0 Å². The largest absolute Gasteiger partial charge is 0.347 e. The summed E-state index contributed by atoms with van der Waals surface area (Å²) < 4.78 is 1.80. The number of fused-ring (bicyclic) bond motifs is 1. The average molecular weight is 361 g/mol. The van der Waals surface area contributed by atoms with Crippen molar-refractivity contribution >= 4 is 11.8 Å². The number of nitrogens with zero attached hydrogens (tertiary/aromatic N) is 4. The molecule has 0 atom stereocenters. The highest BCUT2D eigenvalue weighted by molar-refractivity contribution is 5.94. The van der Waals surface area contributed by atoms with Gasteiger partial charge in [-0.1, -0.05) is 30.3 Å². The summed E-state index contributed by atoms with van der Waals surface area (Å²) >= 11 is 0. The Morgan fingerprint density at radius 2 is 1.93 bits per heavy atom. The molecule has 0 saturated carbocycles. The number of carbonyl (C=O) groups excluding carboxylic acids is 2. The molecule has 1 N–H and O–H groups in total. The van der Waals surface area contributed by atoms with Crippen LogP contribution in [0.25, 0.3) is 0 Å². The summed E-state index contributed by atoms with van der Waals surface area (Å²) in [5.41, 5.74) is 2.81. The van der Waals surface area contributed by atoms with Crippen molar-refractivity contribution in [2.75, 3.05) is 6.54 Å². The number of nitrogens with one attached hydrogen (secondary N) is 1. The van der Waals surface area contributed by atoms with Crippen LogP contribution in [0.2, 0.25) is 0 Å². The van der Waals surface area contributed by atoms with Gasteiger partial charge in [0.1, 0.15) is 0 Å². The summed E-state index contributed by atoms with van der Waals surface area (Å²) in [6, 6.07) is 15.0. The first-order valence-electron chi connectivity index (χ1n) is 8.79. The average Bonchev–Trinajstić information content (AvgIpc) is 3.16. The molecule has 0 saturated heterocycles. The zero-order chi connectivity index (χ0) is 18.6. The van der Waals surface area contributed by atoms with Crippen molar-refractivity contribution in [2.24, 2.45) is 0 Å². The van der Waals surface area contributed by atoms with Crippen LogP contribution in [0.4, 0.5) is 0 Å². The molecule has 1 aliphatic heterocycles. The molecule has 0 radical (unpaired) electrons. The maximum Gasteiger partial charge on any atom is 0.272 e. The number of hydrogen-bond acceptors (Lipinski definition) is 4. The lowest BCUT2D eigenvalue weighted by Gasteiger charge is -2.27. The number of aromatic nitrogens is 3. The lowest BCUT2D eigenvalue weighted by Crippen LogP contribution is -2.38. The first-order valence-corrected chi connectivity index (χ1v) is 8.79. The van der Waals surface area contributed by atoms with E-state index in [0.29, 0.717) is 37.4 Å². The van der Waals surface area contributed by atoms with E-state index >= 15 is 0 Å². The van der Waals surface area contributed by atoms with Crippen molar-refractivity contribution in [3.63, 3.8) is 0 Å². The van der Waals surface area contributed by atoms with Gasteiger partial charge in [0.05, 0.1) is 24.3 Å². The molecule has 27 heavy (non-hydrogen) atoms. The highest BCUT2D eigenvalue weighted by Gasteiger charge is 2.24. The highest BCUT2D eigenvalue weighted by atomic mass is 16.2. The topological polar surface area (TPSA) is 80.1 Å². The van der Waals surface area contributed by atoms with Gasteiger partial charge in [-0.2, -0.15) is 5.10 Å². The van der Waals surface area contributed by atoms with Crippen molar-refractivity contribution < 1.29 is 9.59 Å². The van der Waals surface area contributed by atoms with E-state index in [0.717, 1.165) is 11.3 Å². The standard InChI is InChI=1S/C20H19N5O2/c26-19(22-12-15-5-2-1-3-6-15)18-11-17-14-24(9-10-25(17)23-18)20(27)16-7-4-8-21-13-16/h1-8,11,13H,9-10,12,14H2,(H,22,26). The molecule has 2 aromatic heterocycles. The Bertz CT molecular complexity index is 953. The zero-order valence-corrected chi connectivity index (χ0v) is 14.7. The summed E-state index contributed by atoms with van der Waals surface area (Å²) in [6.45, 7) is 1.99. The van der Waals surface area contributed by atoms with Crippen molar-refractivity contribution in [1.29, 1.82) is 0 Å². The van der Waals surface area contributed by atoms with Gasteiger partial charge in [-0.3, -0.25) is 19.3 Å². The second kappa shape index (κ2) is 7.41. The highest BCUT2D eigenvalue weighted by Crippen LogP contribution is 2.16. The van der Waals surface area contributed by atoms with Gasteiger partial charge in [-0.15, -0.1) is 0 Å². The number of benzene rings is 1. The Morgan fingerprint density at radius 1 is 1.07 bits per heavy atom. The van der Waals surface area contributed by atoms with Gasteiger partial charge in [0, 0.05) is 25.5 Å². The molecular formula is C20H19N5O2. The Morgan fingerprint density at radius 3 is 2.70 bits per heavy atom. The summed E-state index contributed by atoms with van der Waals surface area (Å²) in [5, 5.41) is 7.26. The molecule has 1 aromatic carbocycles. The van der Waals surface area contributed by atoms with E-state index in [2.05, 4.69) is 15.4 Å². The lowest BCUT2D eigenvalue weighted by atomic mass is 10.2. The molecule has 7 heteroatoms. The first kappa shape index (κ1) is 17.0. The minimum absolute atomic E-state index is 0.0642. The molecule has 7 nitrogen and oxygen atoms in total. The number of hydrogen-bond donors (Lipinski definition) is 1. The van der Waals surface area contributed by atoms with E-state index in [1.54, 1.807) is 40.2 Å². The Balaban J connectivity index is 1.42. The smallest absolute Gasteiger partial charge is 0.272 e. The van der Waals surface area contributed by atoms with Crippen molar-refractivity contribution in [3.05, 3.63) is 83.4 Å². The number of rotatable bonds is 4. The van der Waals surface area contributed by atoms with Crippen LogP contribution in [0.15, 0.2) is 60.9 Å². The molecule has 0 bridgehead atoms. The van der Waals surface area contributed by atoms with Crippen LogP contribution in [0.5, 0.6) is 0 Å². The van der Waals surface area contributed by atoms with Gasteiger partial charge in [0.15, 0.2) is 5.69 Å². The van der Waals surface area contributed by atoms with Crippen LogP contribution in [-0.4, -0.2) is 38.0 Å². The summed E-state index contributed by atoms with van der Waals surface area (Å²) in [7, 11) is 0. The molecule has 0 aliphatic carbocycles. The molecule has 4 rings (SSSR count). The molecular weight excluding hydrogens is 342 g/mol. The van der Waals surface area contributed by atoms with Crippen LogP contribution in [0.3, 0.4) is 0 Å². The minimum Gasteiger partial charge on any atom is -0.347 e. The maximum absolute atomic E-state index is 12.6. The summed E-state index contributed by atoms with van der Waals surface area (Å²) in [5.74, 6) is -0.281. The fourth-order valence-corrected chi connectivity index (χ4v) is 3.09. The number of pyridine rings is 1. The summed E-state index contributed by atoms with van der Waals surface area (Å²) in [4.78, 5) is 30.7. The quantitative estimate of drug-likeness (QED) is 0.769. The van der Waals surface area contributed by atoms with Gasteiger partial charge < -0.3 is 10.2 Å². The molecule has 3 heterocycles. The molecule has 0 unspecified atom stereocenters. The van der Waals surface area contributed by atoms with E-state index in [4.69, 9.17) is 0 Å². The predicted octanol–water partition coefficient (Wildman–Crippen LogP) is 1.86. The third-order valence-electron chi connectivity index (χ3n) is 4.52. The van der Waals surface area contributed by atoms with Gasteiger partial charge in [-0.25, -0.2) is 0 Å². The van der Waals surface area contributed by atoms with Gasteiger partial charge in [0.2, 0.25) is 0 Å². The molecule has 2 amide bonds. The normalized spacial score (nSPS) is 13.1. The van der Waals surface area contributed by atoms with Gasteiger partial charge in [0.25, 0.3) is 11.8 Å². The van der Waals surface area contributed by atoms with E-state index in [-0.39, 0.29) is 11.8 Å². The molecule has 136 valence electrons. The summed E-state index contributed by atoms with van der Waals surface area (Å²) in [6.07, 6.45) is 3.21. The van der Waals surface area contributed by atoms with Crippen LogP contribution in [0, 0.1) is 0 Å². The Labute approximate surface area is 156 Å². The first-order chi connectivity index (χ1) is 13.2. The molecule has 1 aliphatic rings. The van der Waals surface area contributed by atoms with Gasteiger partial charge >= 0.3 is 0 Å². The Hall–Kier alpha value is -3.48. The van der Waals surface area contributed by atoms with Crippen molar-refractivity contribution in [3.8, 4) is 0 Å². The van der Waals surface area contributed by atoms with E-state index in [1.165, 1.54) is 0 Å². The van der Waals surface area contributed by atoms with Crippen LogP contribution in [0.1, 0.15) is 32.1 Å². The minimum atomic E-state index is -0.217.